The summed E-state index contributed by atoms with van der Waals surface area (Å²) in [6, 6.07) is 11.1. The van der Waals surface area contributed by atoms with Crippen molar-refractivity contribution in [2.24, 2.45) is 0 Å². The van der Waals surface area contributed by atoms with Crippen molar-refractivity contribution in [3.05, 3.63) is 58.6 Å². The van der Waals surface area contributed by atoms with Gasteiger partial charge < -0.3 is 13.9 Å². The fourth-order valence-electron chi connectivity index (χ4n) is 2.05. The van der Waals surface area contributed by atoms with Crippen LogP contribution in [0.3, 0.4) is 0 Å². The van der Waals surface area contributed by atoms with Crippen LogP contribution in [-0.4, -0.2) is 23.3 Å². The number of thiophene rings is 1. The maximum atomic E-state index is 11.9. The van der Waals surface area contributed by atoms with Crippen LogP contribution in [0.5, 0.6) is 5.75 Å². The third-order valence-electron chi connectivity index (χ3n) is 3.35. The van der Waals surface area contributed by atoms with E-state index < -0.39 is 12.1 Å². The Hall–Kier alpha value is -2.93. The van der Waals surface area contributed by atoms with Crippen molar-refractivity contribution in [3.63, 3.8) is 0 Å². The van der Waals surface area contributed by atoms with Crippen LogP contribution in [-0.2, 0) is 9.53 Å². The van der Waals surface area contributed by atoms with Crippen LogP contribution in [0.4, 0.5) is 0 Å². The van der Waals surface area contributed by atoms with Crippen LogP contribution in [0.25, 0.3) is 17.5 Å². The Labute approximate surface area is 148 Å². The van der Waals surface area contributed by atoms with E-state index in [4.69, 9.17) is 13.9 Å². The smallest absolute Gasteiger partial charge is 0.331 e. The molecule has 2 heterocycles. The monoisotopic (exact) mass is 356 g/mol. The number of ether oxygens (including phenoxy) is 2. The van der Waals surface area contributed by atoms with Crippen molar-refractivity contribution in [1.82, 2.24) is 10.2 Å². The first-order chi connectivity index (χ1) is 12.2. The first-order valence-electron chi connectivity index (χ1n) is 7.56. The summed E-state index contributed by atoms with van der Waals surface area (Å²) in [5, 5.41) is 9.88. The minimum atomic E-state index is -0.639. The van der Waals surface area contributed by atoms with Crippen molar-refractivity contribution in [2.45, 2.75) is 13.0 Å². The molecule has 2 aromatic heterocycles. The normalized spacial score (nSPS) is 12.2. The molecule has 6 nitrogen and oxygen atoms in total. The number of esters is 1. The molecular weight excluding hydrogens is 340 g/mol. The molecule has 0 spiro atoms. The Balaban J connectivity index is 1.63. The van der Waals surface area contributed by atoms with E-state index in [-0.39, 0.29) is 5.89 Å². The third kappa shape index (κ3) is 4.33. The topological polar surface area (TPSA) is 74.5 Å². The maximum absolute atomic E-state index is 11.9. The van der Waals surface area contributed by atoms with Crippen molar-refractivity contribution in [3.8, 4) is 17.2 Å². The van der Waals surface area contributed by atoms with E-state index in [1.807, 2.05) is 29.6 Å². The highest BCUT2D eigenvalue weighted by Gasteiger charge is 2.18. The van der Waals surface area contributed by atoms with Gasteiger partial charge in [0.1, 0.15) is 5.75 Å². The van der Waals surface area contributed by atoms with Crippen LogP contribution in [0, 0.1) is 0 Å². The standard InChI is InChI=1S/C18H16N2O4S/c1-12(23-16(21)10-9-15-4-3-11-25-15)17-19-20-18(24-17)13-5-7-14(22-2)8-6-13/h3-12H,1-2H3/b10-9+/t12-/m0/s1. The second kappa shape index (κ2) is 7.76. The van der Waals surface area contributed by atoms with Gasteiger partial charge in [0.15, 0.2) is 6.10 Å². The molecule has 0 aliphatic heterocycles. The molecule has 0 N–H and O–H groups in total. The van der Waals surface area contributed by atoms with Gasteiger partial charge in [-0.25, -0.2) is 4.79 Å². The van der Waals surface area contributed by atoms with Crippen molar-refractivity contribution in [1.29, 1.82) is 0 Å². The molecule has 0 aliphatic carbocycles. The molecule has 1 aromatic carbocycles. The van der Waals surface area contributed by atoms with Gasteiger partial charge in [-0.15, -0.1) is 21.5 Å². The molecule has 3 rings (SSSR count). The van der Waals surface area contributed by atoms with Crippen LogP contribution >= 0.6 is 11.3 Å². The van der Waals surface area contributed by atoms with Gasteiger partial charge in [0, 0.05) is 16.5 Å². The van der Waals surface area contributed by atoms with E-state index >= 15 is 0 Å². The zero-order valence-electron chi connectivity index (χ0n) is 13.7. The quantitative estimate of drug-likeness (QED) is 0.488. The minimum Gasteiger partial charge on any atom is -0.497 e. The Morgan fingerprint density at radius 3 is 2.72 bits per heavy atom. The second-order valence-corrected chi connectivity index (χ2v) is 6.08. The highest BCUT2D eigenvalue weighted by molar-refractivity contribution is 7.10. The third-order valence-corrected chi connectivity index (χ3v) is 4.18. The number of carbonyl (C=O) groups excluding carboxylic acids is 1. The summed E-state index contributed by atoms with van der Waals surface area (Å²) in [6.45, 7) is 1.68. The molecule has 128 valence electrons. The largest absolute Gasteiger partial charge is 0.497 e. The Bertz CT molecular complexity index is 854. The average molecular weight is 356 g/mol. The number of hydrogen-bond acceptors (Lipinski definition) is 7. The van der Waals surface area contributed by atoms with Crippen LogP contribution < -0.4 is 4.74 Å². The van der Waals surface area contributed by atoms with Crippen LogP contribution in [0.1, 0.15) is 23.8 Å². The van der Waals surface area contributed by atoms with Gasteiger partial charge in [0.2, 0.25) is 5.89 Å². The highest BCUT2D eigenvalue weighted by atomic mass is 32.1. The number of aromatic nitrogens is 2. The Morgan fingerprint density at radius 1 is 1.24 bits per heavy atom. The van der Waals surface area contributed by atoms with E-state index in [0.29, 0.717) is 5.89 Å². The first kappa shape index (κ1) is 16.9. The molecule has 0 amide bonds. The van der Waals surface area contributed by atoms with Crippen molar-refractivity contribution >= 4 is 23.4 Å². The van der Waals surface area contributed by atoms with Gasteiger partial charge in [0.25, 0.3) is 5.89 Å². The Morgan fingerprint density at radius 2 is 2.04 bits per heavy atom. The lowest BCUT2D eigenvalue weighted by Crippen LogP contribution is -2.06. The number of methoxy groups -OCH3 is 1. The SMILES string of the molecule is COc1ccc(-c2nnc([C@H](C)OC(=O)/C=C/c3cccs3)o2)cc1. The first-order valence-corrected chi connectivity index (χ1v) is 8.43. The van der Waals surface area contributed by atoms with Crippen molar-refractivity contribution < 1.29 is 18.7 Å². The van der Waals surface area contributed by atoms with Crippen LogP contribution in [0.15, 0.2) is 52.3 Å². The summed E-state index contributed by atoms with van der Waals surface area (Å²) in [5.74, 6) is 0.867. The number of rotatable bonds is 6. The van der Waals surface area contributed by atoms with Gasteiger partial charge in [-0.2, -0.15) is 0 Å². The molecule has 1 atom stereocenters. The van der Waals surface area contributed by atoms with E-state index in [1.54, 1.807) is 32.2 Å². The summed E-state index contributed by atoms with van der Waals surface area (Å²) in [6.07, 6.45) is 2.44. The van der Waals surface area contributed by atoms with Gasteiger partial charge in [-0.3, -0.25) is 0 Å². The van der Waals surface area contributed by atoms with E-state index in [0.717, 1.165) is 16.2 Å². The molecular formula is C18H16N2O4S. The van der Waals surface area contributed by atoms with Gasteiger partial charge in [-0.1, -0.05) is 6.07 Å². The summed E-state index contributed by atoms with van der Waals surface area (Å²) < 4.78 is 16.0. The fourth-order valence-corrected chi connectivity index (χ4v) is 2.67. The molecule has 3 aromatic rings. The number of benzene rings is 1. The molecule has 0 bridgehead atoms. The van der Waals surface area contributed by atoms with Crippen molar-refractivity contribution in [2.75, 3.05) is 7.11 Å². The molecule has 7 heteroatoms. The van der Waals surface area contributed by atoms with E-state index in [2.05, 4.69) is 10.2 Å². The van der Waals surface area contributed by atoms with Crippen LogP contribution in [0.2, 0.25) is 0 Å². The minimum absolute atomic E-state index is 0.240. The average Bonchev–Trinajstić information content (AvgIpc) is 3.32. The summed E-state index contributed by atoms with van der Waals surface area (Å²) in [7, 11) is 1.60. The zero-order chi connectivity index (χ0) is 17.6. The summed E-state index contributed by atoms with van der Waals surface area (Å²) in [4.78, 5) is 12.8. The predicted molar refractivity (Wildman–Crippen MR) is 94.1 cm³/mol. The lowest BCUT2D eigenvalue weighted by Gasteiger charge is -2.06. The highest BCUT2D eigenvalue weighted by Crippen LogP contribution is 2.24. The number of hydrogen-bond donors (Lipinski definition) is 0. The van der Waals surface area contributed by atoms with E-state index in [1.165, 1.54) is 17.4 Å². The molecule has 0 fully saturated rings. The number of carbonyl (C=O) groups is 1. The molecule has 0 saturated carbocycles. The van der Waals surface area contributed by atoms with E-state index in [9.17, 15) is 4.79 Å². The molecule has 0 unspecified atom stereocenters. The van der Waals surface area contributed by atoms with Gasteiger partial charge >= 0.3 is 5.97 Å². The maximum Gasteiger partial charge on any atom is 0.331 e. The lowest BCUT2D eigenvalue weighted by molar-refractivity contribution is -0.143. The molecule has 0 saturated heterocycles. The fraction of sp³-hybridized carbons (Fsp3) is 0.167. The van der Waals surface area contributed by atoms with Gasteiger partial charge in [-0.05, 0) is 48.7 Å². The van der Waals surface area contributed by atoms with Gasteiger partial charge in [0.05, 0.1) is 7.11 Å². The molecule has 0 radical (unpaired) electrons. The predicted octanol–water partition coefficient (Wildman–Crippen LogP) is 4.12. The number of nitrogens with zero attached hydrogens (tertiary/aromatic N) is 2. The molecule has 25 heavy (non-hydrogen) atoms. The second-order valence-electron chi connectivity index (χ2n) is 5.10. The molecule has 0 aliphatic rings. The summed E-state index contributed by atoms with van der Waals surface area (Å²) >= 11 is 1.54. The Kier molecular flexibility index (Phi) is 5.25. The summed E-state index contributed by atoms with van der Waals surface area (Å²) in [5.41, 5.74) is 0.760. The zero-order valence-corrected chi connectivity index (χ0v) is 14.5. The lowest BCUT2D eigenvalue weighted by atomic mass is 10.2.